The summed E-state index contributed by atoms with van der Waals surface area (Å²) in [7, 11) is 0. The summed E-state index contributed by atoms with van der Waals surface area (Å²) in [4.78, 5) is 0. The maximum Gasteiger partial charge on any atom is 0.0766 e. The smallest absolute Gasteiger partial charge is 0.0766 e. The van der Waals surface area contributed by atoms with E-state index in [1.165, 1.54) is 5.69 Å². The van der Waals surface area contributed by atoms with Gasteiger partial charge in [0.1, 0.15) is 0 Å². The number of aromatic nitrogens is 2. The zero-order valence-corrected chi connectivity index (χ0v) is 10.3. The van der Waals surface area contributed by atoms with Crippen LogP contribution in [0.3, 0.4) is 0 Å². The minimum Gasteiger partial charge on any atom is -0.396 e. The van der Waals surface area contributed by atoms with Crippen LogP contribution < -0.4 is 0 Å². The van der Waals surface area contributed by atoms with E-state index < -0.39 is 0 Å². The lowest BCUT2D eigenvalue weighted by molar-refractivity contribution is 0.287. The number of hydrogen-bond acceptors (Lipinski definition) is 2. The fourth-order valence-electron chi connectivity index (χ4n) is 1.50. The van der Waals surface area contributed by atoms with Crippen molar-refractivity contribution >= 4 is 15.9 Å². The van der Waals surface area contributed by atoms with E-state index in [0.29, 0.717) is 0 Å². The molecule has 0 saturated heterocycles. The van der Waals surface area contributed by atoms with Gasteiger partial charge in [-0.25, -0.2) is 0 Å². The molecule has 1 heterocycles. The molecule has 0 spiro atoms. The molecule has 1 aromatic rings. The fraction of sp³-hybridized carbons (Fsp3) is 0.700. The predicted molar refractivity (Wildman–Crippen MR) is 60.4 cm³/mol. The van der Waals surface area contributed by atoms with Gasteiger partial charge in [0.25, 0.3) is 0 Å². The van der Waals surface area contributed by atoms with Crippen molar-refractivity contribution in [3.05, 3.63) is 15.9 Å². The molecule has 0 aromatic carbocycles. The van der Waals surface area contributed by atoms with Crippen LogP contribution in [0, 0.1) is 0 Å². The van der Waals surface area contributed by atoms with Gasteiger partial charge in [-0.3, -0.25) is 4.68 Å². The third kappa shape index (κ3) is 2.36. The van der Waals surface area contributed by atoms with Gasteiger partial charge in [0.2, 0.25) is 0 Å². The first-order valence-corrected chi connectivity index (χ1v) is 5.88. The fourth-order valence-corrected chi connectivity index (χ4v) is 2.27. The van der Waals surface area contributed by atoms with Crippen LogP contribution in [0.5, 0.6) is 0 Å². The summed E-state index contributed by atoms with van der Waals surface area (Å²) in [6.07, 6.45) is 2.63. The molecule has 1 aromatic heterocycles. The molecule has 0 aliphatic rings. The molecule has 0 amide bonds. The van der Waals surface area contributed by atoms with E-state index in [1.807, 2.05) is 4.68 Å². The molecule has 3 nitrogen and oxygen atoms in total. The Kier molecular flexibility index (Phi) is 4.62. The zero-order chi connectivity index (χ0) is 10.6. The highest BCUT2D eigenvalue weighted by molar-refractivity contribution is 9.10. The Labute approximate surface area is 93.3 Å². The number of halogens is 1. The molecule has 1 rings (SSSR count). The molecule has 0 bridgehead atoms. The Morgan fingerprint density at radius 2 is 2.14 bits per heavy atom. The van der Waals surface area contributed by atoms with Gasteiger partial charge in [-0.1, -0.05) is 6.92 Å². The molecular weight excluding hydrogens is 244 g/mol. The number of aliphatic hydroxyl groups excluding tert-OH is 1. The van der Waals surface area contributed by atoms with Crippen LogP contribution in [0.1, 0.15) is 31.7 Å². The van der Waals surface area contributed by atoms with Gasteiger partial charge >= 0.3 is 0 Å². The number of aliphatic hydroxyl groups is 1. The van der Waals surface area contributed by atoms with Crippen LogP contribution in [-0.4, -0.2) is 21.5 Å². The van der Waals surface area contributed by atoms with Crippen LogP contribution in [0.15, 0.2) is 4.47 Å². The Bertz CT molecular complexity index is 297. The minimum atomic E-state index is 0.239. The summed E-state index contributed by atoms with van der Waals surface area (Å²) < 4.78 is 3.13. The highest BCUT2D eigenvalue weighted by Gasteiger charge is 2.12. The minimum absolute atomic E-state index is 0.239. The molecule has 0 aliphatic heterocycles. The quantitative estimate of drug-likeness (QED) is 0.881. The van der Waals surface area contributed by atoms with Crippen molar-refractivity contribution in [1.29, 1.82) is 0 Å². The maximum absolute atomic E-state index is 8.80. The molecule has 0 aliphatic carbocycles. The van der Waals surface area contributed by atoms with Gasteiger partial charge in [-0.05, 0) is 42.1 Å². The first-order chi connectivity index (χ1) is 6.74. The van der Waals surface area contributed by atoms with Gasteiger partial charge in [0.05, 0.1) is 15.9 Å². The molecule has 80 valence electrons. The molecule has 0 unspecified atom stereocenters. The summed E-state index contributed by atoms with van der Waals surface area (Å²) >= 11 is 3.57. The van der Waals surface area contributed by atoms with E-state index in [9.17, 15) is 0 Å². The summed E-state index contributed by atoms with van der Waals surface area (Å²) in [5.41, 5.74) is 2.32. The van der Waals surface area contributed by atoms with E-state index in [4.69, 9.17) is 5.11 Å². The Hall–Kier alpha value is -0.350. The van der Waals surface area contributed by atoms with E-state index in [1.54, 1.807) is 0 Å². The number of hydrogen-bond donors (Lipinski definition) is 1. The van der Waals surface area contributed by atoms with Crippen LogP contribution >= 0.6 is 15.9 Å². The van der Waals surface area contributed by atoms with E-state index in [2.05, 4.69) is 34.9 Å². The van der Waals surface area contributed by atoms with Crippen molar-refractivity contribution in [2.45, 2.75) is 39.7 Å². The Morgan fingerprint density at radius 3 is 2.64 bits per heavy atom. The standard InChI is InChI=1S/C10H17BrN2O/c1-3-8-10(11)9(6-5-7-14)13(4-2)12-8/h14H,3-7H2,1-2H3. The highest BCUT2D eigenvalue weighted by atomic mass is 79.9. The number of rotatable bonds is 5. The zero-order valence-electron chi connectivity index (χ0n) is 8.76. The monoisotopic (exact) mass is 260 g/mol. The van der Waals surface area contributed by atoms with Gasteiger partial charge in [-0.2, -0.15) is 5.10 Å². The first-order valence-electron chi connectivity index (χ1n) is 5.09. The van der Waals surface area contributed by atoms with Crippen molar-refractivity contribution < 1.29 is 5.11 Å². The summed E-state index contributed by atoms with van der Waals surface area (Å²) in [6.45, 7) is 5.31. The Balaban J connectivity index is 2.92. The van der Waals surface area contributed by atoms with E-state index in [-0.39, 0.29) is 6.61 Å². The molecule has 14 heavy (non-hydrogen) atoms. The molecule has 0 radical (unpaired) electrons. The summed E-state index contributed by atoms with van der Waals surface area (Å²) in [6, 6.07) is 0. The summed E-state index contributed by atoms with van der Waals surface area (Å²) in [5, 5.41) is 13.3. The van der Waals surface area contributed by atoms with Crippen LogP contribution in [0.2, 0.25) is 0 Å². The molecule has 0 fully saturated rings. The third-order valence-electron chi connectivity index (χ3n) is 2.27. The normalized spacial score (nSPS) is 10.9. The van der Waals surface area contributed by atoms with Gasteiger partial charge in [0, 0.05) is 13.2 Å². The highest BCUT2D eigenvalue weighted by Crippen LogP contribution is 2.23. The van der Waals surface area contributed by atoms with Gasteiger partial charge in [0.15, 0.2) is 0 Å². The van der Waals surface area contributed by atoms with Crippen molar-refractivity contribution in [2.75, 3.05) is 6.61 Å². The van der Waals surface area contributed by atoms with Gasteiger partial charge < -0.3 is 5.11 Å². The average Bonchev–Trinajstić information content (AvgIpc) is 2.52. The predicted octanol–water partition coefficient (Wildman–Crippen LogP) is 2.15. The lowest BCUT2D eigenvalue weighted by Crippen LogP contribution is -2.03. The van der Waals surface area contributed by atoms with Crippen LogP contribution in [0.25, 0.3) is 0 Å². The maximum atomic E-state index is 8.80. The van der Waals surface area contributed by atoms with Crippen LogP contribution in [0.4, 0.5) is 0 Å². The van der Waals surface area contributed by atoms with Crippen molar-refractivity contribution in [3.8, 4) is 0 Å². The van der Waals surface area contributed by atoms with Crippen molar-refractivity contribution in [2.24, 2.45) is 0 Å². The summed E-state index contributed by atoms with van der Waals surface area (Å²) in [5.74, 6) is 0. The second-order valence-corrected chi connectivity index (χ2v) is 4.00. The van der Waals surface area contributed by atoms with Gasteiger partial charge in [-0.15, -0.1) is 0 Å². The number of nitrogens with zero attached hydrogens (tertiary/aromatic N) is 2. The molecular formula is C10H17BrN2O. The second kappa shape index (κ2) is 5.51. The lowest BCUT2D eigenvalue weighted by Gasteiger charge is -2.03. The van der Waals surface area contributed by atoms with Crippen molar-refractivity contribution in [3.63, 3.8) is 0 Å². The van der Waals surface area contributed by atoms with Crippen LogP contribution in [-0.2, 0) is 19.4 Å². The molecule has 1 N–H and O–H groups in total. The average molecular weight is 261 g/mol. The van der Waals surface area contributed by atoms with E-state index in [0.717, 1.165) is 36.0 Å². The molecule has 0 atom stereocenters. The lowest BCUT2D eigenvalue weighted by atomic mass is 10.2. The SMILES string of the molecule is CCc1nn(CC)c(CCCO)c1Br. The topological polar surface area (TPSA) is 38.0 Å². The third-order valence-corrected chi connectivity index (χ3v) is 3.18. The largest absolute Gasteiger partial charge is 0.396 e. The van der Waals surface area contributed by atoms with Crippen molar-refractivity contribution in [1.82, 2.24) is 9.78 Å². The molecule has 4 heteroatoms. The second-order valence-electron chi connectivity index (χ2n) is 3.20. The Morgan fingerprint density at radius 1 is 1.43 bits per heavy atom. The number of aryl methyl sites for hydroxylation is 2. The first kappa shape index (κ1) is 11.7. The molecule has 0 saturated carbocycles. The van der Waals surface area contributed by atoms with E-state index >= 15 is 0 Å².